The van der Waals surface area contributed by atoms with Crippen molar-refractivity contribution in [1.29, 1.82) is 0 Å². The summed E-state index contributed by atoms with van der Waals surface area (Å²) in [5.74, 6) is 2.90. The van der Waals surface area contributed by atoms with Crippen molar-refractivity contribution in [2.45, 2.75) is 81.7 Å². The first-order chi connectivity index (χ1) is 9.54. The number of nitrogens with two attached hydrogens (primary N) is 1. The van der Waals surface area contributed by atoms with E-state index >= 15 is 0 Å². The summed E-state index contributed by atoms with van der Waals surface area (Å²) in [5.41, 5.74) is 6.32. The molecule has 0 aliphatic heterocycles. The fourth-order valence-electron chi connectivity index (χ4n) is 6.18. The highest BCUT2D eigenvalue weighted by molar-refractivity contribution is 5.78. The van der Waals surface area contributed by atoms with Gasteiger partial charge in [0.15, 0.2) is 0 Å². The highest BCUT2D eigenvalue weighted by Gasteiger charge is 2.51. The van der Waals surface area contributed by atoms with Crippen LogP contribution in [0.1, 0.15) is 70.6 Å². The van der Waals surface area contributed by atoms with Gasteiger partial charge in [0.1, 0.15) is 0 Å². The first-order valence-corrected chi connectivity index (χ1v) is 8.64. The van der Waals surface area contributed by atoms with Gasteiger partial charge in [-0.2, -0.15) is 0 Å². The molecule has 0 heterocycles. The Morgan fingerprint density at radius 3 is 2.00 bits per heavy atom. The molecule has 0 saturated heterocycles. The SMILES string of the molecule is NC1(CC(=O)NC23CC4CC(CC(C4)C2)C3)CCCC1. The Bertz CT molecular complexity index is 376. The Kier molecular flexibility index (Phi) is 2.93. The predicted octanol–water partition coefficient (Wildman–Crippen LogP) is 2.73. The van der Waals surface area contributed by atoms with Crippen LogP contribution >= 0.6 is 0 Å². The summed E-state index contributed by atoms with van der Waals surface area (Å²) < 4.78 is 0. The second-order valence-electron chi connectivity index (χ2n) is 8.49. The Hall–Kier alpha value is -0.570. The van der Waals surface area contributed by atoms with E-state index in [0.29, 0.717) is 6.42 Å². The largest absolute Gasteiger partial charge is 0.351 e. The van der Waals surface area contributed by atoms with Crippen LogP contribution in [-0.2, 0) is 4.79 Å². The lowest BCUT2D eigenvalue weighted by Crippen LogP contribution is -2.60. The van der Waals surface area contributed by atoms with Crippen LogP contribution in [0.5, 0.6) is 0 Å². The normalized spacial score (nSPS) is 44.8. The van der Waals surface area contributed by atoms with Crippen molar-refractivity contribution in [2.24, 2.45) is 23.5 Å². The van der Waals surface area contributed by atoms with Gasteiger partial charge in [-0.15, -0.1) is 0 Å². The van der Waals surface area contributed by atoms with Crippen molar-refractivity contribution < 1.29 is 4.79 Å². The maximum atomic E-state index is 12.5. The second kappa shape index (κ2) is 4.46. The van der Waals surface area contributed by atoms with Gasteiger partial charge >= 0.3 is 0 Å². The van der Waals surface area contributed by atoms with Gasteiger partial charge in [-0.25, -0.2) is 0 Å². The summed E-state index contributed by atoms with van der Waals surface area (Å²) in [6, 6.07) is 0. The summed E-state index contributed by atoms with van der Waals surface area (Å²) in [6.07, 6.45) is 13.0. The lowest BCUT2D eigenvalue weighted by Gasteiger charge is -2.57. The zero-order valence-electron chi connectivity index (χ0n) is 12.5. The van der Waals surface area contributed by atoms with Crippen LogP contribution < -0.4 is 11.1 Å². The molecule has 0 aromatic rings. The Labute approximate surface area is 122 Å². The fourth-order valence-corrected chi connectivity index (χ4v) is 6.18. The molecular formula is C17H28N2O. The van der Waals surface area contributed by atoms with Crippen LogP contribution in [0, 0.1) is 17.8 Å². The van der Waals surface area contributed by atoms with E-state index in [1.54, 1.807) is 0 Å². The van der Waals surface area contributed by atoms with Gasteiger partial charge < -0.3 is 11.1 Å². The Balaban J connectivity index is 1.42. The van der Waals surface area contributed by atoms with Gasteiger partial charge in [0.25, 0.3) is 0 Å². The zero-order chi connectivity index (χ0) is 13.8. The minimum Gasteiger partial charge on any atom is -0.351 e. The molecule has 5 aliphatic carbocycles. The molecule has 0 atom stereocenters. The fraction of sp³-hybridized carbons (Fsp3) is 0.941. The van der Waals surface area contributed by atoms with Crippen molar-refractivity contribution in [3.8, 4) is 0 Å². The standard InChI is InChI=1S/C17H28N2O/c18-16(3-1-2-4-16)11-15(20)19-17-8-12-5-13(9-17)7-14(6-12)10-17/h12-14H,1-11,18H2,(H,19,20). The molecule has 0 aromatic heterocycles. The first-order valence-electron chi connectivity index (χ1n) is 8.64. The molecule has 3 N–H and O–H groups in total. The molecule has 20 heavy (non-hydrogen) atoms. The van der Waals surface area contributed by atoms with Gasteiger partial charge in [-0.1, -0.05) is 12.8 Å². The maximum absolute atomic E-state index is 12.5. The smallest absolute Gasteiger partial charge is 0.222 e. The third-order valence-corrected chi connectivity index (χ3v) is 6.55. The van der Waals surface area contributed by atoms with E-state index in [-0.39, 0.29) is 17.0 Å². The van der Waals surface area contributed by atoms with Crippen LogP contribution in [-0.4, -0.2) is 17.0 Å². The molecule has 3 heteroatoms. The summed E-state index contributed by atoms with van der Waals surface area (Å²) >= 11 is 0. The molecule has 0 spiro atoms. The van der Waals surface area contributed by atoms with Gasteiger partial charge in [-0.05, 0) is 69.1 Å². The third kappa shape index (κ3) is 2.28. The van der Waals surface area contributed by atoms with Crippen molar-refractivity contribution in [3.05, 3.63) is 0 Å². The molecule has 3 nitrogen and oxygen atoms in total. The average Bonchev–Trinajstić information content (AvgIpc) is 2.72. The highest BCUT2D eigenvalue weighted by atomic mass is 16.1. The topological polar surface area (TPSA) is 55.1 Å². The van der Waals surface area contributed by atoms with E-state index in [1.807, 2.05) is 0 Å². The molecule has 4 bridgehead atoms. The minimum absolute atomic E-state index is 0.154. The molecule has 1 amide bonds. The summed E-state index contributed by atoms with van der Waals surface area (Å²) in [5, 5.41) is 3.46. The van der Waals surface area contributed by atoms with E-state index in [9.17, 15) is 4.79 Å². The quantitative estimate of drug-likeness (QED) is 0.832. The third-order valence-electron chi connectivity index (χ3n) is 6.55. The zero-order valence-corrected chi connectivity index (χ0v) is 12.5. The maximum Gasteiger partial charge on any atom is 0.222 e. The number of amides is 1. The number of rotatable bonds is 3. The van der Waals surface area contributed by atoms with Crippen molar-refractivity contribution in [1.82, 2.24) is 5.32 Å². The predicted molar refractivity (Wildman–Crippen MR) is 79.0 cm³/mol. The summed E-state index contributed by atoms with van der Waals surface area (Å²) in [4.78, 5) is 12.5. The number of nitrogens with one attached hydrogen (secondary N) is 1. The lowest BCUT2D eigenvalue weighted by atomic mass is 9.53. The van der Waals surface area contributed by atoms with E-state index in [2.05, 4.69) is 5.32 Å². The van der Waals surface area contributed by atoms with Gasteiger partial charge in [0.2, 0.25) is 5.91 Å². The number of carbonyl (C=O) groups excluding carboxylic acids is 1. The minimum atomic E-state index is -0.202. The van der Waals surface area contributed by atoms with Crippen molar-refractivity contribution in [2.75, 3.05) is 0 Å². The summed E-state index contributed by atoms with van der Waals surface area (Å²) in [7, 11) is 0. The number of hydrogen-bond acceptors (Lipinski definition) is 2. The van der Waals surface area contributed by atoms with Gasteiger partial charge in [0.05, 0.1) is 0 Å². The summed E-state index contributed by atoms with van der Waals surface area (Å²) in [6.45, 7) is 0. The Morgan fingerprint density at radius 2 is 1.50 bits per heavy atom. The molecule has 0 aromatic carbocycles. The van der Waals surface area contributed by atoms with Gasteiger partial charge in [-0.3, -0.25) is 4.79 Å². The van der Waals surface area contributed by atoms with E-state index in [4.69, 9.17) is 5.73 Å². The first kappa shape index (κ1) is 13.1. The molecule has 5 rings (SSSR count). The van der Waals surface area contributed by atoms with E-state index in [0.717, 1.165) is 30.6 Å². The lowest BCUT2D eigenvalue weighted by molar-refractivity contribution is -0.128. The van der Waals surface area contributed by atoms with Crippen LogP contribution in [0.4, 0.5) is 0 Å². The van der Waals surface area contributed by atoms with Crippen LogP contribution in [0.15, 0.2) is 0 Å². The molecule has 0 unspecified atom stereocenters. The second-order valence-corrected chi connectivity index (χ2v) is 8.49. The van der Waals surface area contributed by atoms with Crippen LogP contribution in [0.25, 0.3) is 0 Å². The number of carbonyl (C=O) groups is 1. The molecular weight excluding hydrogens is 248 g/mol. The van der Waals surface area contributed by atoms with Crippen LogP contribution in [0.2, 0.25) is 0 Å². The molecule has 0 radical (unpaired) electrons. The van der Waals surface area contributed by atoms with Crippen LogP contribution in [0.3, 0.4) is 0 Å². The van der Waals surface area contributed by atoms with Crippen molar-refractivity contribution in [3.63, 3.8) is 0 Å². The average molecular weight is 276 g/mol. The molecule has 5 saturated carbocycles. The Morgan fingerprint density at radius 1 is 1.00 bits per heavy atom. The monoisotopic (exact) mass is 276 g/mol. The molecule has 5 fully saturated rings. The highest BCUT2D eigenvalue weighted by Crippen LogP contribution is 2.55. The molecule has 5 aliphatic rings. The van der Waals surface area contributed by atoms with E-state index < -0.39 is 0 Å². The van der Waals surface area contributed by atoms with E-state index in [1.165, 1.54) is 51.4 Å². The number of hydrogen-bond donors (Lipinski definition) is 2. The van der Waals surface area contributed by atoms with Crippen molar-refractivity contribution >= 4 is 5.91 Å². The molecule has 112 valence electrons. The van der Waals surface area contributed by atoms with Gasteiger partial charge in [0, 0.05) is 17.5 Å².